The van der Waals surface area contributed by atoms with E-state index in [2.05, 4.69) is 27.7 Å². The highest BCUT2D eigenvalue weighted by atomic mass is 16.8. The van der Waals surface area contributed by atoms with Crippen molar-refractivity contribution in [2.24, 2.45) is 11.8 Å². The van der Waals surface area contributed by atoms with Crippen molar-refractivity contribution in [3.05, 3.63) is 29.8 Å². The Bertz CT molecular complexity index is 912. The van der Waals surface area contributed by atoms with Gasteiger partial charge < -0.3 is 33.2 Å². The third-order valence-electron chi connectivity index (χ3n) is 8.76. The molecule has 1 saturated carbocycles. The van der Waals surface area contributed by atoms with Crippen LogP contribution < -0.4 is 4.74 Å². The van der Waals surface area contributed by atoms with Crippen molar-refractivity contribution >= 4 is 6.29 Å². The molecule has 5 rings (SSSR count). The van der Waals surface area contributed by atoms with E-state index in [0.29, 0.717) is 0 Å². The molecular weight excluding hydrogens is 448 g/mol. The molecule has 0 N–H and O–H groups in total. The van der Waals surface area contributed by atoms with Gasteiger partial charge in [-0.15, -0.1) is 0 Å². The molecule has 4 fully saturated rings. The topological polar surface area (TPSA) is 75.8 Å². The fourth-order valence-corrected chi connectivity index (χ4v) is 6.77. The van der Waals surface area contributed by atoms with Crippen LogP contribution >= 0.6 is 0 Å². The van der Waals surface area contributed by atoms with Gasteiger partial charge in [-0.1, -0.05) is 32.9 Å². The first-order chi connectivity index (χ1) is 16.7. The quantitative estimate of drug-likeness (QED) is 0.397. The average Bonchev–Trinajstić information content (AvgIpc) is 3.20. The summed E-state index contributed by atoms with van der Waals surface area (Å²) in [6.45, 7) is 10.4. The van der Waals surface area contributed by atoms with Crippen LogP contribution in [0.25, 0.3) is 0 Å². The molecule has 9 atom stereocenters. The van der Waals surface area contributed by atoms with Gasteiger partial charge in [-0.25, -0.2) is 0 Å². The molecule has 7 heteroatoms. The second-order valence-corrected chi connectivity index (χ2v) is 11.2. The lowest BCUT2D eigenvalue weighted by atomic mass is 9.76. The molecule has 0 unspecified atom stereocenters. The van der Waals surface area contributed by atoms with Crippen molar-refractivity contribution in [2.45, 2.75) is 114 Å². The van der Waals surface area contributed by atoms with E-state index >= 15 is 0 Å². The Labute approximate surface area is 208 Å². The van der Waals surface area contributed by atoms with Crippen LogP contribution in [0.1, 0.15) is 78.6 Å². The van der Waals surface area contributed by atoms with E-state index in [1.807, 2.05) is 31.2 Å². The van der Waals surface area contributed by atoms with Crippen LogP contribution in [0.15, 0.2) is 24.3 Å². The van der Waals surface area contributed by atoms with Gasteiger partial charge in [-0.3, -0.25) is 0 Å². The highest BCUT2D eigenvalue weighted by molar-refractivity contribution is 5.67. The molecule has 1 aromatic carbocycles. The maximum absolute atomic E-state index is 11.6. The first kappa shape index (κ1) is 25.2. The number of epoxide rings is 1. The van der Waals surface area contributed by atoms with E-state index in [9.17, 15) is 4.79 Å². The van der Waals surface area contributed by atoms with Gasteiger partial charge in [0.05, 0.1) is 31.5 Å². The van der Waals surface area contributed by atoms with E-state index < -0.39 is 23.3 Å². The largest absolute Gasteiger partial charge is 0.497 e. The highest BCUT2D eigenvalue weighted by Gasteiger charge is 2.64. The lowest BCUT2D eigenvalue weighted by molar-refractivity contribution is -0.320. The molecule has 1 aliphatic carbocycles. The van der Waals surface area contributed by atoms with Crippen molar-refractivity contribution in [3.8, 4) is 5.75 Å². The predicted molar refractivity (Wildman–Crippen MR) is 129 cm³/mol. The lowest BCUT2D eigenvalue weighted by Crippen LogP contribution is -2.59. The van der Waals surface area contributed by atoms with Gasteiger partial charge in [0, 0.05) is 30.2 Å². The summed E-state index contributed by atoms with van der Waals surface area (Å²) in [5.74, 6) is 0.266. The SMILES string of the molecule is CC[C@H]1OC2(CCCC2)O[C@@]1(C)[C@@H]1O[C@H](c2ccc(OC)cc2)O[C@@H]([C@H](C)[C@@H]2O[C@]2(C)C=O)[C@@H]1C. The first-order valence-corrected chi connectivity index (χ1v) is 13.2. The fourth-order valence-electron chi connectivity index (χ4n) is 6.77. The molecule has 1 aromatic rings. The van der Waals surface area contributed by atoms with Crippen molar-refractivity contribution in [1.82, 2.24) is 0 Å². The molecule has 0 amide bonds. The van der Waals surface area contributed by atoms with Crippen LogP contribution in [-0.2, 0) is 28.5 Å². The molecule has 35 heavy (non-hydrogen) atoms. The predicted octanol–water partition coefficient (Wildman–Crippen LogP) is 4.96. The minimum absolute atomic E-state index is 0.00111. The molecule has 0 radical (unpaired) electrons. The minimum Gasteiger partial charge on any atom is -0.497 e. The number of rotatable bonds is 7. The van der Waals surface area contributed by atoms with Crippen LogP contribution in [0.4, 0.5) is 0 Å². The Morgan fingerprint density at radius 1 is 1.11 bits per heavy atom. The molecule has 3 aliphatic heterocycles. The Hall–Kier alpha value is -1.51. The number of benzene rings is 1. The summed E-state index contributed by atoms with van der Waals surface area (Å²) in [4.78, 5) is 11.6. The number of ether oxygens (including phenoxy) is 6. The van der Waals surface area contributed by atoms with Crippen LogP contribution in [0.5, 0.6) is 5.75 Å². The summed E-state index contributed by atoms with van der Waals surface area (Å²) in [6.07, 6.45) is 4.55. The molecular formula is C28H40O7. The number of carbonyl (C=O) groups excluding carboxylic acids is 1. The van der Waals surface area contributed by atoms with Crippen molar-refractivity contribution in [2.75, 3.05) is 7.11 Å². The summed E-state index contributed by atoms with van der Waals surface area (Å²) >= 11 is 0. The summed E-state index contributed by atoms with van der Waals surface area (Å²) < 4.78 is 38.1. The number of carbonyl (C=O) groups is 1. The van der Waals surface area contributed by atoms with Crippen molar-refractivity contribution in [3.63, 3.8) is 0 Å². The summed E-state index contributed by atoms with van der Waals surface area (Å²) in [5.41, 5.74) is -0.452. The molecule has 194 valence electrons. The van der Waals surface area contributed by atoms with E-state index in [1.54, 1.807) is 7.11 Å². The van der Waals surface area contributed by atoms with Crippen LogP contribution in [-0.4, -0.2) is 54.8 Å². The van der Waals surface area contributed by atoms with Gasteiger partial charge in [0.2, 0.25) is 0 Å². The number of methoxy groups -OCH3 is 1. The maximum Gasteiger partial charge on any atom is 0.184 e. The molecule has 0 aromatic heterocycles. The van der Waals surface area contributed by atoms with E-state index in [4.69, 9.17) is 28.4 Å². The van der Waals surface area contributed by atoms with Gasteiger partial charge >= 0.3 is 0 Å². The maximum atomic E-state index is 11.6. The molecule has 3 saturated heterocycles. The molecule has 0 bridgehead atoms. The number of hydrogen-bond donors (Lipinski definition) is 0. The number of hydrogen-bond acceptors (Lipinski definition) is 7. The van der Waals surface area contributed by atoms with Gasteiger partial charge in [0.25, 0.3) is 0 Å². The monoisotopic (exact) mass is 488 g/mol. The van der Waals surface area contributed by atoms with Crippen molar-refractivity contribution in [1.29, 1.82) is 0 Å². The molecule has 7 nitrogen and oxygen atoms in total. The second-order valence-electron chi connectivity index (χ2n) is 11.2. The smallest absolute Gasteiger partial charge is 0.184 e. The highest BCUT2D eigenvalue weighted by Crippen LogP contribution is 2.54. The van der Waals surface area contributed by atoms with Gasteiger partial charge in [-0.2, -0.15) is 0 Å². The first-order valence-electron chi connectivity index (χ1n) is 13.2. The molecule has 3 heterocycles. The fraction of sp³-hybridized carbons (Fsp3) is 0.750. The summed E-state index contributed by atoms with van der Waals surface area (Å²) in [5, 5.41) is 0. The van der Waals surface area contributed by atoms with E-state index in [1.165, 1.54) is 0 Å². The summed E-state index contributed by atoms with van der Waals surface area (Å²) in [6, 6.07) is 7.79. The molecule has 4 aliphatic rings. The summed E-state index contributed by atoms with van der Waals surface area (Å²) in [7, 11) is 1.65. The Kier molecular flexibility index (Phi) is 6.54. The van der Waals surface area contributed by atoms with Crippen molar-refractivity contribution < 1.29 is 33.2 Å². The molecule has 1 spiro atoms. The Balaban J connectivity index is 1.48. The van der Waals surface area contributed by atoms with Gasteiger partial charge in [-0.05, 0) is 45.2 Å². The van der Waals surface area contributed by atoms with Gasteiger partial charge in [0.1, 0.15) is 17.0 Å². The zero-order valence-corrected chi connectivity index (χ0v) is 21.8. The number of aldehydes is 1. The van der Waals surface area contributed by atoms with Gasteiger partial charge in [0.15, 0.2) is 18.4 Å². The third kappa shape index (κ3) is 4.23. The minimum atomic E-state index is -0.747. The Morgan fingerprint density at radius 2 is 1.80 bits per heavy atom. The van der Waals surface area contributed by atoms with Crippen LogP contribution in [0, 0.1) is 11.8 Å². The second kappa shape index (κ2) is 9.10. The van der Waals surface area contributed by atoms with E-state index in [0.717, 1.165) is 49.7 Å². The van der Waals surface area contributed by atoms with Crippen LogP contribution in [0.3, 0.4) is 0 Å². The Morgan fingerprint density at radius 3 is 2.37 bits per heavy atom. The van der Waals surface area contributed by atoms with Crippen LogP contribution in [0.2, 0.25) is 0 Å². The zero-order chi connectivity index (χ0) is 25.0. The average molecular weight is 489 g/mol. The zero-order valence-electron chi connectivity index (χ0n) is 21.8. The standard InChI is InChI=1S/C28H40O7/c1-7-21-27(5,35-28(33-21)14-8-9-15-28)24-18(3)22(17(2)23-26(4,16-29)34-23)31-25(32-24)19-10-12-20(30-6)13-11-19/h10-13,16-18,21-25H,7-9,14-15H2,1-6H3/t17-,18-,21+,22-,23-,24+,25+,26+,27+/m0/s1. The lowest BCUT2D eigenvalue weighted by Gasteiger charge is -2.49. The normalized spacial score (nSPS) is 43.3. The van der Waals surface area contributed by atoms with E-state index in [-0.39, 0.29) is 36.3 Å². The third-order valence-corrected chi connectivity index (χ3v) is 8.76.